The molecule has 1 aromatic rings. The molecule has 0 heterocycles. The van der Waals surface area contributed by atoms with E-state index < -0.39 is 40.0 Å². The highest BCUT2D eigenvalue weighted by atomic mass is 19.1. The largest absolute Gasteiger partial charge is 0.453 e. The fourth-order valence-corrected chi connectivity index (χ4v) is 6.18. The summed E-state index contributed by atoms with van der Waals surface area (Å²) in [7, 11) is 0. The van der Waals surface area contributed by atoms with Crippen LogP contribution in [0.3, 0.4) is 0 Å². The van der Waals surface area contributed by atoms with Gasteiger partial charge < -0.3 is 15.2 Å². The molecule has 0 saturated heterocycles. The number of hydrogen-bond acceptors (Lipinski definition) is 6. The predicted octanol–water partition coefficient (Wildman–Crippen LogP) is 3.33. The van der Waals surface area contributed by atoms with Gasteiger partial charge >= 0.3 is 11.7 Å². The SMILES string of the molecule is C[C@H](OC(=O)CC12C[C@H]3C[C@@H](CC(O)(C3)C1)C2)C(=O)Nc1ccc(F)c([N+](=O)[O-])c1. The Kier molecular flexibility index (Phi) is 5.04. The Labute approximate surface area is 172 Å². The zero-order valence-corrected chi connectivity index (χ0v) is 16.7. The van der Waals surface area contributed by atoms with Crippen LogP contribution in [-0.2, 0) is 14.3 Å². The van der Waals surface area contributed by atoms with Crippen molar-refractivity contribution >= 4 is 23.3 Å². The number of ether oxygens (including phenoxy) is 1. The molecule has 4 bridgehead atoms. The number of carbonyl (C=O) groups is 2. The first-order valence-electron chi connectivity index (χ1n) is 10.2. The van der Waals surface area contributed by atoms with Gasteiger partial charge in [0.15, 0.2) is 6.10 Å². The van der Waals surface area contributed by atoms with Gasteiger partial charge in [-0.1, -0.05) is 0 Å². The molecule has 8 nitrogen and oxygen atoms in total. The second kappa shape index (κ2) is 7.30. The highest BCUT2D eigenvalue weighted by Crippen LogP contribution is 2.62. The van der Waals surface area contributed by atoms with Crippen LogP contribution < -0.4 is 5.32 Å². The molecule has 4 aliphatic rings. The average Bonchev–Trinajstić information content (AvgIpc) is 2.60. The molecule has 4 saturated carbocycles. The summed E-state index contributed by atoms with van der Waals surface area (Å²) >= 11 is 0. The minimum absolute atomic E-state index is 0.0410. The van der Waals surface area contributed by atoms with Crippen molar-refractivity contribution in [3.8, 4) is 0 Å². The molecule has 1 amide bonds. The zero-order valence-electron chi connectivity index (χ0n) is 16.7. The summed E-state index contributed by atoms with van der Waals surface area (Å²) in [6.07, 6.45) is 4.19. The third kappa shape index (κ3) is 4.03. The minimum atomic E-state index is -1.11. The predicted molar refractivity (Wildman–Crippen MR) is 104 cm³/mol. The van der Waals surface area contributed by atoms with E-state index in [0.717, 1.165) is 44.2 Å². The van der Waals surface area contributed by atoms with Crippen molar-refractivity contribution in [3.63, 3.8) is 0 Å². The third-order valence-electron chi connectivity index (χ3n) is 6.76. The second-order valence-electron chi connectivity index (χ2n) is 9.41. The molecule has 0 aromatic heterocycles. The number of aliphatic hydroxyl groups is 1. The molecule has 1 aromatic carbocycles. The summed E-state index contributed by atoms with van der Waals surface area (Å²) in [5.41, 5.74) is -1.65. The van der Waals surface area contributed by atoms with Crippen LogP contribution in [-0.4, -0.2) is 33.6 Å². The van der Waals surface area contributed by atoms with Crippen LogP contribution in [0.5, 0.6) is 0 Å². The highest BCUT2D eigenvalue weighted by Gasteiger charge is 2.57. The van der Waals surface area contributed by atoms with E-state index in [0.29, 0.717) is 18.3 Å². The van der Waals surface area contributed by atoms with Gasteiger partial charge in [-0.15, -0.1) is 0 Å². The van der Waals surface area contributed by atoms with Crippen LogP contribution in [0.2, 0.25) is 0 Å². The van der Waals surface area contributed by atoms with Crippen molar-refractivity contribution in [2.24, 2.45) is 17.3 Å². The van der Waals surface area contributed by atoms with Gasteiger partial charge in [0.2, 0.25) is 5.82 Å². The first-order chi connectivity index (χ1) is 14.1. The standard InChI is InChI=1S/C21H25FN2O6/c1-12(19(26)23-15-2-3-16(22)17(5-15)24(28)29)30-18(25)10-20-6-13-4-14(7-20)9-21(27,8-13)11-20/h2-3,5,12-14,27H,4,6-11H2,1H3,(H,23,26)/t12-,13+,14+,20?,21?/m0/s1. The molecule has 0 radical (unpaired) electrons. The van der Waals surface area contributed by atoms with E-state index in [9.17, 15) is 29.2 Å². The van der Waals surface area contributed by atoms with Gasteiger partial charge in [-0.3, -0.25) is 19.7 Å². The van der Waals surface area contributed by atoms with Crippen molar-refractivity contribution in [3.05, 3.63) is 34.1 Å². The molecular formula is C21H25FN2O6. The summed E-state index contributed by atoms with van der Waals surface area (Å²) in [5.74, 6) is -1.27. The van der Waals surface area contributed by atoms with Gasteiger partial charge in [0.1, 0.15) is 0 Å². The molecule has 4 fully saturated rings. The lowest BCUT2D eigenvalue weighted by molar-refractivity contribution is -0.387. The number of nitro groups is 1. The molecule has 3 atom stereocenters. The summed E-state index contributed by atoms with van der Waals surface area (Å²) in [5, 5.41) is 24.0. The van der Waals surface area contributed by atoms with Crippen molar-refractivity contribution in [2.45, 2.75) is 63.6 Å². The number of carbonyl (C=O) groups excluding carboxylic acids is 2. The monoisotopic (exact) mass is 420 g/mol. The Balaban J connectivity index is 1.35. The topological polar surface area (TPSA) is 119 Å². The van der Waals surface area contributed by atoms with Crippen molar-refractivity contribution in [2.75, 3.05) is 5.32 Å². The summed E-state index contributed by atoms with van der Waals surface area (Å²) in [6.45, 7) is 1.42. The van der Waals surface area contributed by atoms with Crippen molar-refractivity contribution < 1.29 is 28.7 Å². The number of benzene rings is 1. The summed E-state index contributed by atoms with van der Waals surface area (Å²) in [6, 6.07) is 3.00. The molecule has 4 aliphatic carbocycles. The third-order valence-corrected chi connectivity index (χ3v) is 6.76. The normalized spacial score (nSPS) is 32.5. The number of esters is 1. The van der Waals surface area contributed by atoms with Gasteiger partial charge in [0.25, 0.3) is 5.91 Å². The Hall–Kier alpha value is -2.55. The number of rotatable bonds is 6. The number of nitro benzene ring substituents is 1. The summed E-state index contributed by atoms with van der Waals surface area (Å²) < 4.78 is 18.7. The zero-order chi connectivity index (χ0) is 21.7. The Morgan fingerprint density at radius 2 is 2.00 bits per heavy atom. The lowest BCUT2D eigenvalue weighted by Gasteiger charge is -2.60. The van der Waals surface area contributed by atoms with Crippen LogP contribution in [0.15, 0.2) is 18.2 Å². The Bertz CT molecular complexity index is 889. The minimum Gasteiger partial charge on any atom is -0.453 e. The molecule has 9 heteroatoms. The highest BCUT2D eigenvalue weighted by molar-refractivity contribution is 5.95. The second-order valence-corrected chi connectivity index (χ2v) is 9.41. The van der Waals surface area contributed by atoms with Crippen LogP contribution in [0.25, 0.3) is 0 Å². The quantitative estimate of drug-likeness (QED) is 0.414. The van der Waals surface area contributed by atoms with E-state index in [1.165, 1.54) is 13.0 Å². The molecule has 5 rings (SSSR count). The molecule has 0 spiro atoms. The molecule has 2 N–H and O–H groups in total. The van der Waals surface area contributed by atoms with E-state index in [2.05, 4.69) is 5.32 Å². The summed E-state index contributed by atoms with van der Waals surface area (Å²) in [4.78, 5) is 34.8. The van der Waals surface area contributed by atoms with E-state index >= 15 is 0 Å². The van der Waals surface area contributed by atoms with Crippen LogP contribution in [0.4, 0.5) is 15.8 Å². The number of halogens is 1. The molecule has 30 heavy (non-hydrogen) atoms. The first-order valence-corrected chi connectivity index (χ1v) is 10.2. The van der Waals surface area contributed by atoms with Crippen LogP contribution >= 0.6 is 0 Å². The number of anilines is 1. The van der Waals surface area contributed by atoms with E-state index in [1.807, 2.05) is 0 Å². The Morgan fingerprint density at radius 1 is 1.33 bits per heavy atom. The molecule has 0 unspecified atom stereocenters. The number of nitrogens with one attached hydrogen (secondary N) is 1. The molecule has 0 aliphatic heterocycles. The Morgan fingerprint density at radius 3 is 2.60 bits per heavy atom. The smallest absolute Gasteiger partial charge is 0.307 e. The number of nitrogens with zero attached hydrogens (tertiary/aromatic N) is 1. The molecular weight excluding hydrogens is 395 g/mol. The lowest BCUT2D eigenvalue weighted by Crippen LogP contribution is -2.56. The average molecular weight is 420 g/mol. The first kappa shape index (κ1) is 20.7. The van der Waals surface area contributed by atoms with E-state index in [1.54, 1.807) is 0 Å². The van der Waals surface area contributed by atoms with Gasteiger partial charge in [-0.05, 0) is 74.8 Å². The number of hydrogen-bond donors (Lipinski definition) is 2. The van der Waals surface area contributed by atoms with Gasteiger partial charge in [0, 0.05) is 11.8 Å². The molecule has 162 valence electrons. The number of amides is 1. The van der Waals surface area contributed by atoms with E-state index in [-0.39, 0.29) is 17.5 Å². The van der Waals surface area contributed by atoms with Crippen molar-refractivity contribution in [1.29, 1.82) is 0 Å². The maximum Gasteiger partial charge on any atom is 0.307 e. The maximum absolute atomic E-state index is 13.4. The van der Waals surface area contributed by atoms with Crippen molar-refractivity contribution in [1.82, 2.24) is 0 Å². The maximum atomic E-state index is 13.4. The van der Waals surface area contributed by atoms with Crippen LogP contribution in [0, 0.1) is 33.2 Å². The van der Waals surface area contributed by atoms with Gasteiger partial charge in [0.05, 0.1) is 16.9 Å². The van der Waals surface area contributed by atoms with Crippen LogP contribution in [0.1, 0.15) is 51.9 Å². The fraction of sp³-hybridized carbons (Fsp3) is 0.619. The fourth-order valence-electron chi connectivity index (χ4n) is 6.18. The van der Waals surface area contributed by atoms with Gasteiger partial charge in [-0.2, -0.15) is 4.39 Å². The lowest BCUT2D eigenvalue weighted by atomic mass is 9.47. The van der Waals surface area contributed by atoms with E-state index in [4.69, 9.17) is 4.74 Å². The van der Waals surface area contributed by atoms with Gasteiger partial charge in [-0.25, -0.2) is 0 Å².